The summed E-state index contributed by atoms with van der Waals surface area (Å²) in [7, 11) is 0. The number of hydrogen-bond donors (Lipinski definition) is 5. The Morgan fingerprint density at radius 2 is 1.59 bits per heavy atom. The first-order valence-corrected chi connectivity index (χ1v) is 12.5. The van der Waals surface area contributed by atoms with E-state index in [1.165, 1.54) is 6.92 Å². The summed E-state index contributed by atoms with van der Waals surface area (Å²) in [5, 5.41) is 11.7. The number of H-pyrrole nitrogens is 1. The second kappa shape index (κ2) is 12.2. The maximum atomic E-state index is 13.5. The number of nitrogens with two attached hydrogens (primary N) is 1. The highest BCUT2D eigenvalue weighted by Crippen LogP contribution is 2.20. The number of hydrogen-bond acceptors (Lipinski definition) is 4. The summed E-state index contributed by atoms with van der Waals surface area (Å²) in [4.78, 5) is 41.7. The van der Waals surface area contributed by atoms with Gasteiger partial charge in [-0.15, -0.1) is 0 Å². The molecule has 0 saturated carbocycles. The molecule has 2 unspecified atom stereocenters. The molecule has 0 bridgehead atoms. The van der Waals surface area contributed by atoms with Crippen LogP contribution in [0, 0.1) is 0 Å². The Morgan fingerprint density at radius 3 is 2.38 bits per heavy atom. The van der Waals surface area contributed by atoms with E-state index < -0.39 is 18.0 Å². The Morgan fingerprint density at radius 1 is 0.865 bits per heavy atom. The third kappa shape index (κ3) is 6.74. The van der Waals surface area contributed by atoms with Gasteiger partial charge in [0.2, 0.25) is 17.7 Å². The van der Waals surface area contributed by atoms with Gasteiger partial charge >= 0.3 is 0 Å². The number of nitrogens with one attached hydrogen (secondary N) is 4. The van der Waals surface area contributed by atoms with Crippen LogP contribution in [0.2, 0.25) is 0 Å². The van der Waals surface area contributed by atoms with Crippen molar-refractivity contribution in [2.45, 2.75) is 38.3 Å². The molecule has 6 N–H and O–H groups in total. The summed E-state index contributed by atoms with van der Waals surface area (Å²) in [5.41, 5.74) is 8.35. The molecule has 0 fully saturated rings. The average Bonchev–Trinajstić information content (AvgIpc) is 3.30. The van der Waals surface area contributed by atoms with Crippen molar-refractivity contribution in [3.8, 4) is 0 Å². The van der Waals surface area contributed by atoms with Crippen molar-refractivity contribution in [2.24, 2.45) is 5.73 Å². The summed E-state index contributed by atoms with van der Waals surface area (Å²) in [6.45, 7) is 2.25. The van der Waals surface area contributed by atoms with E-state index >= 15 is 0 Å². The summed E-state index contributed by atoms with van der Waals surface area (Å²) in [6, 6.07) is 20.1. The smallest absolute Gasteiger partial charge is 0.243 e. The lowest BCUT2D eigenvalue weighted by molar-refractivity contribution is -0.131. The van der Waals surface area contributed by atoms with Gasteiger partial charge in [-0.05, 0) is 40.9 Å². The SMILES string of the molecule is CC(=O)NC(Cc1c[nH]c2ccccc12)C(=O)NC(Cc1ccc2ccccc2c1)C(=O)NCCCN. The van der Waals surface area contributed by atoms with Crippen molar-refractivity contribution in [2.75, 3.05) is 13.1 Å². The van der Waals surface area contributed by atoms with E-state index in [1.807, 2.05) is 72.9 Å². The molecule has 8 nitrogen and oxygen atoms in total. The maximum Gasteiger partial charge on any atom is 0.243 e. The van der Waals surface area contributed by atoms with Crippen molar-refractivity contribution in [3.05, 3.63) is 84.1 Å². The molecule has 4 rings (SSSR count). The van der Waals surface area contributed by atoms with Crippen LogP contribution >= 0.6 is 0 Å². The molecule has 1 aromatic heterocycles. The number of carbonyl (C=O) groups excluding carboxylic acids is 3. The second-order valence-electron chi connectivity index (χ2n) is 9.20. The Labute approximate surface area is 216 Å². The number of aromatic nitrogens is 1. The van der Waals surface area contributed by atoms with Crippen molar-refractivity contribution in [3.63, 3.8) is 0 Å². The molecule has 4 aromatic rings. The van der Waals surface area contributed by atoms with Gasteiger partial charge in [-0.3, -0.25) is 14.4 Å². The predicted molar refractivity (Wildman–Crippen MR) is 146 cm³/mol. The quantitative estimate of drug-likeness (QED) is 0.203. The zero-order valence-electron chi connectivity index (χ0n) is 20.9. The zero-order valence-corrected chi connectivity index (χ0v) is 20.9. The molecular weight excluding hydrogens is 466 g/mol. The molecule has 37 heavy (non-hydrogen) atoms. The molecule has 0 radical (unpaired) electrons. The van der Waals surface area contributed by atoms with Gasteiger partial charge in [0.25, 0.3) is 0 Å². The summed E-state index contributed by atoms with van der Waals surface area (Å²) >= 11 is 0. The van der Waals surface area contributed by atoms with Gasteiger partial charge in [-0.2, -0.15) is 0 Å². The van der Waals surface area contributed by atoms with Gasteiger partial charge in [0.05, 0.1) is 0 Å². The van der Waals surface area contributed by atoms with Crippen LogP contribution in [0.5, 0.6) is 0 Å². The van der Waals surface area contributed by atoms with Crippen LogP contribution in [0.3, 0.4) is 0 Å². The van der Waals surface area contributed by atoms with Gasteiger partial charge in [0.1, 0.15) is 12.1 Å². The van der Waals surface area contributed by atoms with Gasteiger partial charge in [-0.1, -0.05) is 60.7 Å². The zero-order chi connectivity index (χ0) is 26.2. The molecule has 0 aliphatic rings. The second-order valence-corrected chi connectivity index (χ2v) is 9.20. The lowest BCUT2D eigenvalue weighted by atomic mass is 10.00. The van der Waals surface area contributed by atoms with Gasteiger partial charge < -0.3 is 26.7 Å². The average molecular weight is 500 g/mol. The molecule has 192 valence electrons. The Balaban J connectivity index is 1.55. The van der Waals surface area contributed by atoms with Crippen molar-refractivity contribution >= 4 is 39.4 Å². The van der Waals surface area contributed by atoms with Crippen molar-refractivity contribution < 1.29 is 14.4 Å². The van der Waals surface area contributed by atoms with Crippen LogP contribution in [-0.2, 0) is 27.2 Å². The van der Waals surface area contributed by atoms with Crippen molar-refractivity contribution in [1.82, 2.24) is 20.9 Å². The number of aromatic amines is 1. The molecule has 2 atom stereocenters. The predicted octanol–water partition coefficient (Wildman–Crippen LogP) is 2.56. The van der Waals surface area contributed by atoms with Crippen LogP contribution in [0.15, 0.2) is 72.9 Å². The highest BCUT2D eigenvalue weighted by Gasteiger charge is 2.27. The normalized spacial score (nSPS) is 12.7. The molecule has 3 amide bonds. The monoisotopic (exact) mass is 499 g/mol. The third-order valence-corrected chi connectivity index (χ3v) is 6.36. The highest BCUT2D eigenvalue weighted by molar-refractivity contribution is 5.93. The fraction of sp³-hybridized carbons (Fsp3) is 0.276. The first kappa shape index (κ1) is 25.9. The standard InChI is InChI=1S/C29H33N5O3/c1-19(35)33-27(17-23-18-32-25-10-5-4-9-24(23)25)29(37)34-26(28(36)31-14-6-13-30)16-20-11-12-21-7-2-3-8-22(21)15-20/h2-5,7-12,15,18,26-27,32H,6,13-14,16-17,30H2,1H3,(H,31,36)(H,33,35)(H,34,37). The molecule has 1 heterocycles. The lowest BCUT2D eigenvalue weighted by Gasteiger charge is -2.23. The number of para-hydroxylation sites is 1. The first-order chi connectivity index (χ1) is 17.9. The number of amides is 3. The molecule has 0 spiro atoms. The molecule has 0 saturated heterocycles. The number of fused-ring (bicyclic) bond motifs is 2. The van der Waals surface area contributed by atoms with Crippen LogP contribution in [-0.4, -0.2) is 47.9 Å². The van der Waals surface area contributed by atoms with E-state index in [-0.39, 0.29) is 18.2 Å². The van der Waals surface area contributed by atoms with Crippen LogP contribution < -0.4 is 21.7 Å². The van der Waals surface area contributed by atoms with Crippen LogP contribution in [0.1, 0.15) is 24.5 Å². The number of rotatable bonds is 11. The fourth-order valence-electron chi connectivity index (χ4n) is 4.49. The number of carbonyl (C=O) groups is 3. The minimum Gasteiger partial charge on any atom is -0.361 e. The van der Waals surface area contributed by atoms with Crippen LogP contribution in [0.4, 0.5) is 0 Å². The largest absolute Gasteiger partial charge is 0.361 e. The fourth-order valence-corrected chi connectivity index (χ4v) is 4.49. The Hall–Kier alpha value is -4.17. The van der Waals surface area contributed by atoms with Gasteiger partial charge in [-0.25, -0.2) is 0 Å². The van der Waals surface area contributed by atoms with E-state index in [1.54, 1.807) is 0 Å². The molecular formula is C29H33N5O3. The van der Waals surface area contributed by atoms with E-state index in [0.29, 0.717) is 25.9 Å². The maximum absolute atomic E-state index is 13.5. The minimum absolute atomic E-state index is 0.285. The third-order valence-electron chi connectivity index (χ3n) is 6.36. The summed E-state index contributed by atoms with van der Waals surface area (Å²) in [5.74, 6) is -1.03. The Kier molecular flexibility index (Phi) is 8.53. The van der Waals surface area contributed by atoms with E-state index in [0.717, 1.165) is 32.8 Å². The van der Waals surface area contributed by atoms with Crippen LogP contribution in [0.25, 0.3) is 21.7 Å². The molecule has 0 aliphatic heterocycles. The summed E-state index contributed by atoms with van der Waals surface area (Å²) in [6.07, 6.45) is 3.08. The van der Waals surface area contributed by atoms with Gasteiger partial charge in [0.15, 0.2) is 0 Å². The first-order valence-electron chi connectivity index (χ1n) is 12.5. The van der Waals surface area contributed by atoms with Crippen molar-refractivity contribution in [1.29, 1.82) is 0 Å². The molecule has 8 heteroatoms. The molecule has 3 aromatic carbocycles. The van der Waals surface area contributed by atoms with E-state index in [4.69, 9.17) is 5.73 Å². The van der Waals surface area contributed by atoms with E-state index in [2.05, 4.69) is 20.9 Å². The van der Waals surface area contributed by atoms with Gasteiger partial charge in [0, 0.05) is 43.4 Å². The number of benzene rings is 3. The lowest BCUT2D eigenvalue weighted by Crippen LogP contribution is -2.55. The topological polar surface area (TPSA) is 129 Å². The minimum atomic E-state index is -0.840. The van der Waals surface area contributed by atoms with E-state index in [9.17, 15) is 14.4 Å². The Bertz CT molecular complexity index is 1400. The summed E-state index contributed by atoms with van der Waals surface area (Å²) < 4.78 is 0. The molecule has 0 aliphatic carbocycles. The highest BCUT2D eigenvalue weighted by atomic mass is 16.2.